The quantitative estimate of drug-likeness (QED) is 0.889. The van der Waals surface area contributed by atoms with Crippen LogP contribution >= 0.6 is 0 Å². The molecule has 1 saturated heterocycles. The van der Waals surface area contributed by atoms with E-state index in [1.165, 1.54) is 6.07 Å². The SMILES string of the molecule is CCOc1ccc(NC2CCN(C(N)=O)CC2)cc1F. The van der Waals surface area contributed by atoms with E-state index >= 15 is 0 Å². The molecule has 0 aromatic heterocycles. The summed E-state index contributed by atoms with van der Waals surface area (Å²) >= 11 is 0. The molecule has 0 atom stereocenters. The number of piperidine rings is 1. The summed E-state index contributed by atoms with van der Waals surface area (Å²) in [5.74, 6) is -0.104. The number of halogens is 1. The maximum absolute atomic E-state index is 13.7. The molecule has 1 heterocycles. The molecule has 0 spiro atoms. The number of anilines is 1. The van der Waals surface area contributed by atoms with Gasteiger partial charge in [-0.3, -0.25) is 0 Å². The fraction of sp³-hybridized carbons (Fsp3) is 0.500. The zero-order valence-electron chi connectivity index (χ0n) is 11.6. The Morgan fingerprint density at radius 1 is 1.50 bits per heavy atom. The predicted molar refractivity (Wildman–Crippen MR) is 75.4 cm³/mol. The zero-order valence-corrected chi connectivity index (χ0v) is 11.6. The van der Waals surface area contributed by atoms with E-state index in [4.69, 9.17) is 10.5 Å². The van der Waals surface area contributed by atoms with Gasteiger partial charge in [0.15, 0.2) is 11.6 Å². The van der Waals surface area contributed by atoms with Crippen molar-refractivity contribution in [1.82, 2.24) is 4.90 Å². The van der Waals surface area contributed by atoms with E-state index in [2.05, 4.69) is 5.32 Å². The highest BCUT2D eigenvalue weighted by Gasteiger charge is 2.21. The number of urea groups is 1. The number of hydrogen-bond acceptors (Lipinski definition) is 3. The summed E-state index contributed by atoms with van der Waals surface area (Å²) in [4.78, 5) is 12.6. The van der Waals surface area contributed by atoms with Crippen molar-refractivity contribution < 1.29 is 13.9 Å². The van der Waals surface area contributed by atoms with Crippen molar-refractivity contribution in [3.05, 3.63) is 24.0 Å². The third kappa shape index (κ3) is 3.53. The molecule has 1 aromatic rings. The number of primary amides is 1. The van der Waals surface area contributed by atoms with Gasteiger partial charge in [0, 0.05) is 30.9 Å². The molecule has 0 radical (unpaired) electrons. The predicted octanol–water partition coefficient (Wildman–Crippen LogP) is 2.18. The Bertz CT molecular complexity index is 473. The van der Waals surface area contributed by atoms with Gasteiger partial charge >= 0.3 is 6.03 Å². The standard InChI is InChI=1S/C14H20FN3O2/c1-2-20-13-4-3-11(9-12(13)15)17-10-5-7-18(8-6-10)14(16)19/h3-4,9-10,17H,2,5-8H2,1H3,(H2,16,19). The molecule has 0 unspecified atom stereocenters. The molecule has 1 aliphatic heterocycles. The Morgan fingerprint density at radius 2 is 2.20 bits per heavy atom. The normalized spacial score (nSPS) is 16.0. The first-order chi connectivity index (χ1) is 9.60. The molecule has 1 fully saturated rings. The average Bonchev–Trinajstić information content (AvgIpc) is 2.42. The van der Waals surface area contributed by atoms with Crippen LogP contribution in [0.4, 0.5) is 14.9 Å². The van der Waals surface area contributed by atoms with Crippen LogP contribution in [-0.4, -0.2) is 36.7 Å². The second kappa shape index (κ2) is 6.45. The zero-order chi connectivity index (χ0) is 14.5. The molecule has 5 nitrogen and oxygen atoms in total. The Hall–Kier alpha value is -1.98. The number of likely N-dealkylation sites (tertiary alicyclic amines) is 1. The van der Waals surface area contributed by atoms with Gasteiger partial charge in [0.2, 0.25) is 0 Å². The molecule has 2 rings (SSSR count). The summed E-state index contributed by atoms with van der Waals surface area (Å²) in [5.41, 5.74) is 5.96. The van der Waals surface area contributed by atoms with Gasteiger partial charge in [-0.25, -0.2) is 9.18 Å². The first-order valence-corrected chi connectivity index (χ1v) is 6.83. The largest absolute Gasteiger partial charge is 0.491 e. The minimum Gasteiger partial charge on any atom is -0.491 e. The molecular formula is C14H20FN3O2. The van der Waals surface area contributed by atoms with Gasteiger partial charge in [-0.1, -0.05) is 0 Å². The maximum Gasteiger partial charge on any atom is 0.314 e. The lowest BCUT2D eigenvalue weighted by Gasteiger charge is -2.31. The summed E-state index contributed by atoms with van der Waals surface area (Å²) in [6.07, 6.45) is 1.61. The average molecular weight is 281 g/mol. The van der Waals surface area contributed by atoms with Crippen molar-refractivity contribution in [2.24, 2.45) is 5.73 Å². The molecular weight excluding hydrogens is 261 g/mol. The summed E-state index contributed by atoms with van der Waals surface area (Å²) < 4.78 is 18.9. The van der Waals surface area contributed by atoms with E-state index in [0.717, 1.165) is 18.5 Å². The lowest BCUT2D eigenvalue weighted by molar-refractivity contribution is 0.193. The summed E-state index contributed by atoms with van der Waals surface area (Å²) in [6.45, 7) is 3.52. The van der Waals surface area contributed by atoms with E-state index in [0.29, 0.717) is 19.7 Å². The highest BCUT2D eigenvalue weighted by molar-refractivity contribution is 5.72. The van der Waals surface area contributed by atoms with Gasteiger partial charge in [-0.05, 0) is 31.9 Å². The topological polar surface area (TPSA) is 67.6 Å². The van der Waals surface area contributed by atoms with E-state index in [-0.39, 0.29) is 23.6 Å². The van der Waals surface area contributed by atoms with E-state index in [1.807, 2.05) is 6.92 Å². The van der Waals surface area contributed by atoms with Gasteiger partial charge in [0.1, 0.15) is 0 Å². The van der Waals surface area contributed by atoms with Crippen LogP contribution in [0.3, 0.4) is 0 Å². The van der Waals surface area contributed by atoms with Crippen molar-refractivity contribution in [3.8, 4) is 5.75 Å². The summed E-state index contributed by atoms with van der Waals surface area (Å²) in [5, 5.41) is 3.28. The maximum atomic E-state index is 13.7. The number of rotatable bonds is 4. The van der Waals surface area contributed by atoms with Crippen LogP contribution in [0, 0.1) is 5.82 Å². The fourth-order valence-corrected chi connectivity index (χ4v) is 2.34. The van der Waals surface area contributed by atoms with Crippen LogP contribution in [0.25, 0.3) is 0 Å². The van der Waals surface area contributed by atoms with Crippen LogP contribution < -0.4 is 15.8 Å². The summed E-state index contributed by atoms with van der Waals surface area (Å²) in [6, 6.07) is 4.71. The number of carbonyl (C=O) groups excluding carboxylic acids is 1. The molecule has 1 aliphatic rings. The number of nitrogens with two attached hydrogens (primary N) is 1. The van der Waals surface area contributed by atoms with Crippen LogP contribution in [0.1, 0.15) is 19.8 Å². The fourth-order valence-electron chi connectivity index (χ4n) is 2.34. The molecule has 1 aromatic carbocycles. The number of ether oxygens (including phenoxy) is 1. The molecule has 20 heavy (non-hydrogen) atoms. The van der Waals surface area contributed by atoms with Crippen LogP contribution in [-0.2, 0) is 0 Å². The number of nitrogens with one attached hydrogen (secondary N) is 1. The number of nitrogens with zero attached hydrogens (tertiary/aromatic N) is 1. The van der Waals surface area contributed by atoms with Crippen LogP contribution in [0.15, 0.2) is 18.2 Å². The second-order valence-corrected chi connectivity index (χ2v) is 4.82. The Balaban J connectivity index is 1.91. The highest BCUT2D eigenvalue weighted by atomic mass is 19.1. The Morgan fingerprint density at radius 3 is 2.75 bits per heavy atom. The van der Waals surface area contributed by atoms with Gasteiger partial charge in [-0.2, -0.15) is 0 Å². The van der Waals surface area contributed by atoms with Crippen molar-refractivity contribution in [2.45, 2.75) is 25.8 Å². The molecule has 0 saturated carbocycles. The van der Waals surface area contributed by atoms with Gasteiger partial charge < -0.3 is 20.7 Å². The van der Waals surface area contributed by atoms with E-state index in [1.54, 1.807) is 17.0 Å². The van der Waals surface area contributed by atoms with Crippen LogP contribution in [0.2, 0.25) is 0 Å². The number of hydrogen-bond donors (Lipinski definition) is 2. The monoisotopic (exact) mass is 281 g/mol. The third-order valence-electron chi connectivity index (χ3n) is 3.41. The minimum atomic E-state index is -0.379. The smallest absolute Gasteiger partial charge is 0.314 e. The van der Waals surface area contributed by atoms with Crippen molar-refractivity contribution in [3.63, 3.8) is 0 Å². The molecule has 0 aliphatic carbocycles. The first kappa shape index (κ1) is 14.4. The molecule has 110 valence electrons. The highest BCUT2D eigenvalue weighted by Crippen LogP contribution is 2.23. The molecule has 6 heteroatoms. The van der Waals surface area contributed by atoms with Gasteiger partial charge in [0.25, 0.3) is 0 Å². The number of carbonyl (C=O) groups is 1. The van der Waals surface area contributed by atoms with E-state index in [9.17, 15) is 9.18 Å². The van der Waals surface area contributed by atoms with Crippen molar-refractivity contribution in [2.75, 3.05) is 25.0 Å². The number of benzene rings is 1. The molecule has 0 bridgehead atoms. The summed E-state index contributed by atoms with van der Waals surface area (Å²) in [7, 11) is 0. The van der Waals surface area contributed by atoms with Crippen LogP contribution in [0.5, 0.6) is 5.75 Å². The Labute approximate surface area is 117 Å². The third-order valence-corrected chi connectivity index (χ3v) is 3.41. The number of amides is 2. The second-order valence-electron chi connectivity index (χ2n) is 4.82. The first-order valence-electron chi connectivity index (χ1n) is 6.83. The van der Waals surface area contributed by atoms with E-state index < -0.39 is 0 Å². The molecule has 2 amide bonds. The lowest BCUT2D eigenvalue weighted by atomic mass is 10.0. The van der Waals surface area contributed by atoms with Gasteiger partial charge in [-0.15, -0.1) is 0 Å². The molecule has 3 N–H and O–H groups in total. The van der Waals surface area contributed by atoms with Crippen molar-refractivity contribution in [1.29, 1.82) is 0 Å². The van der Waals surface area contributed by atoms with Gasteiger partial charge in [0.05, 0.1) is 6.61 Å². The lowest BCUT2D eigenvalue weighted by Crippen LogP contribution is -2.44. The minimum absolute atomic E-state index is 0.225. The Kier molecular flexibility index (Phi) is 4.65. The van der Waals surface area contributed by atoms with Crippen molar-refractivity contribution >= 4 is 11.7 Å².